The zero-order chi connectivity index (χ0) is 16.9. The number of rotatable bonds is 6. The summed E-state index contributed by atoms with van der Waals surface area (Å²) in [5.74, 6) is 3.24. The molecule has 1 aromatic rings. The molecule has 126 valence electrons. The normalized spacial score (nSPS) is 16.1. The molecule has 0 bridgehead atoms. The fourth-order valence-corrected chi connectivity index (χ4v) is 4.75. The van der Waals surface area contributed by atoms with Gasteiger partial charge >= 0.3 is 0 Å². The summed E-state index contributed by atoms with van der Waals surface area (Å²) in [5.41, 5.74) is 0. The van der Waals surface area contributed by atoms with Crippen molar-refractivity contribution in [1.29, 1.82) is 0 Å². The van der Waals surface area contributed by atoms with Crippen LogP contribution in [0.5, 0.6) is 11.5 Å². The van der Waals surface area contributed by atoms with Crippen LogP contribution in [0, 0.1) is 12.3 Å². The Hall–Kier alpha value is -1.71. The van der Waals surface area contributed by atoms with E-state index in [0.717, 1.165) is 32.1 Å². The maximum Gasteiger partial charge on any atom is 0.248 e. The summed E-state index contributed by atoms with van der Waals surface area (Å²) in [6.45, 7) is 0.0629. The average Bonchev–Trinajstić information content (AvgIpc) is 2.59. The van der Waals surface area contributed by atoms with E-state index in [9.17, 15) is 8.42 Å². The lowest BCUT2D eigenvalue weighted by atomic mass is 9.95. The van der Waals surface area contributed by atoms with Crippen molar-refractivity contribution in [2.75, 3.05) is 20.8 Å². The number of hydrogen-bond acceptors (Lipinski definition) is 4. The van der Waals surface area contributed by atoms with Gasteiger partial charge in [-0.05, 0) is 25.0 Å². The maximum absolute atomic E-state index is 13.2. The Kier molecular flexibility index (Phi) is 5.91. The van der Waals surface area contributed by atoms with Gasteiger partial charge in [0.05, 0.1) is 20.8 Å². The first-order valence-corrected chi connectivity index (χ1v) is 9.16. The number of ether oxygens (including phenoxy) is 2. The second-order valence-electron chi connectivity index (χ2n) is 5.56. The molecule has 5 nitrogen and oxygen atoms in total. The third-order valence-corrected chi connectivity index (χ3v) is 6.11. The molecule has 0 radical (unpaired) electrons. The Morgan fingerprint density at radius 2 is 1.91 bits per heavy atom. The van der Waals surface area contributed by atoms with Gasteiger partial charge in [0.2, 0.25) is 10.0 Å². The summed E-state index contributed by atoms with van der Waals surface area (Å²) >= 11 is 0. The number of hydrogen-bond donors (Lipinski definition) is 0. The van der Waals surface area contributed by atoms with Crippen LogP contribution in [0.4, 0.5) is 0 Å². The lowest BCUT2D eigenvalue weighted by Crippen LogP contribution is -2.41. The van der Waals surface area contributed by atoms with Crippen LogP contribution in [0.25, 0.3) is 0 Å². The molecule has 0 aromatic heterocycles. The van der Waals surface area contributed by atoms with E-state index in [2.05, 4.69) is 5.92 Å². The predicted molar refractivity (Wildman–Crippen MR) is 89.1 cm³/mol. The van der Waals surface area contributed by atoms with E-state index in [0.29, 0.717) is 11.5 Å². The van der Waals surface area contributed by atoms with Crippen molar-refractivity contribution in [3.63, 3.8) is 0 Å². The molecule has 1 aromatic carbocycles. The smallest absolute Gasteiger partial charge is 0.248 e. The maximum atomic E-state index is 13.2. The number of sulfonamides is 1. The van der Waals surface area contributed by atoms with Crippen molar-refractivity contribution in [2.45, 2.75) is 43.0 Å². The molecule has 1 fully saturated rings. The fraction of sp³-hybridized carbons (Fsp3) is 0.529. The number of methoxy groups -OCH3 is 2. The highest BCUT2D eigenvalue weighted by molar-refractivity contribution is 7.89. The van der Waals surface area contributed by atoms with E-state index in [-0.39, 0.29) is 17.5 Å². The molecule has 2 rings (SSSR count). The summed E-state index contributed by atoms with van der Waals surface area (Å²) in [4.78, 5) is 0.0974. The third kappa shape index (κ3) is 3.80. The zero-order valence-electron chi connectivity index (χ0n) is 13.6. The van der Waals surface area contributed by atoms with Crippen molar-refractivity contribution in [3.8, 4) is 23.8 Å². The quantitative estimate of drug-likeness (QED) is 0.749. The Labute approximate surface area is 138 Å². The van der Waals surface area contributed by atoms with Gasteiger partial charge in [-0.25, -0.2) is 8.42 Å². The highest BCUT2D eigenvalue weighted by Gasteiger charge is 2.34. The summed E-state index contributed by atoms with van der Waals surface area (Å²) in [6.07, 6.45) is 10.3. The molecule has 0 unspecified atom stereocenters. The minimum atomic E-state index is -3.75. The van der Waals surface area contributed by atoms with Gasteiger partial charge in [0.1, 0.15) is 16.4 Å². The van der Waals surface area contributed by atoms with Crippen LogP contribution >= 0.6 is 0 Å². The monoisotopic (exact) mass is 337 g/mol. The van der Waals surface area contributed by atoms with Crippen molar-refractivity contribution in [3.05, 3.63) is 18.2 Å². The van der Waals surface area contributed by atoms with Crippen LogP contribution < -0.4 is 9.47 Å². The fourth-order valence-electron chi connectivity index (χ4n) is 2.98. The Morgan fingerprint density at radius 1 is 1.22 bits per heavy atom. The number of terminal acetylenes is 1. The highest BCUT2D eigenvalue weighted by atomic mass is 32.2. The predicted octanol–water partition coefficient (Wildman–Crippen LogP) is 2.66. The molecule has 0 N–H and O–H groups in total. The van der Waals surface area contributed by atoms with Crippen LogP contribution in [-0.4, -0.2) is 39.5 Å². The summed E-state index contributed by atoms with van der Waals surface area (Å²) in [6, 6.07) is 4.70. The van der Waals surface area contributed by atoms with Crippen molar-refractivity contribution in [2.24, 2.45) is 0 Å². The molecular formula is C17H23NO4S. The Bertz CT molecular complexity index is 672. The first-order chi connectivity index (χ1) is 11.0. The van der Waals surface area contributed by atoms with Crippen LogP contribution in [0.1, 0.15) is 32.1 Å². The van der Waals surface area contributed by atoms with Crippen molar-refractivity contribution >= 4 is 10.0 Å². The Morgan fingerprint density at radius 3 is 2.48 bits per heavy atom. The van der Waals surface area contributed by atoms with Crippen LogP contribution in [-0.2, 0) is 10.0 Å². The van der Waals surface area contributed by atoms with Gasteiger partial charge in [0, 0.05) is 12.1 Å². The van der Waals surface area contributed by atoms with Crippen molar-refractivity contribution in [1.82, 2.24) is 4.31 Å². The van der Waals surface area contributed by atoms with Crippen LogP contribution in [0.15, 0.2) is 23.1 Å². The molecule has 0 heterocycles. The average molecular weight is 337 g/mol. The van der Waals surface area contributed by atoms with Crippen LogP contribution in [0.3, 0.4) is 0 Å². The standard InChI is InChI=1S/C17H23NO4S/c1-4-12-18(14-8-6-5-7-9-14)23(19,20)17-13-15(21-2)10-11-16(17)22-3/h1,10-11,13-14H,5-9,12H2,2-3H3. The van der Waals surface area contributed by atoms with E-state index >= 15 is 0 Å². The highest BCUT2D eigenvalue weighted by Crippen LogP contribution is 2.33. The van der Waals surface area contributed by atoms with E-state index in [1.165, 1.54) is 24.6 Å². The van der Waals surface area contributed by atoms with E-state index in [1.807, 2.05) is 0 Å². The topological polar surface area (TPSA) is 55.8 Å². The van der Waals surface area contributed by atoms with Gasteiger partial charge in [-0.15, -0.1) is 6.42 Å². The van der Waals surface area contributed by atoms with Crippen LogP contribution in [0.2, 0.25) is 0 Å². The van der Waals surface area contributed by atoms with Gasteiger partial charge < -0.3 is 9.47 Å². The lowest BCUT2D eigenvalue weighted by Gasteiger charge is -2.32. The van der Waals surface area contributed by atoms with Gasteiger partial charge in [0.25, 0.3) is 0 Å². The molecule has 0 atom stereocenters. The molecular weight excluding hydrogens is 314 g/mol. The first kappa shape index (κ1) is 17.6. The van der Waals surface area contributed by atoms with E-state index < -0.39 is 10.0 Å². The molecule has 0 saturated heterocycles. The van der Waals surface area contributed by atoms with E-state index in [1.54, 1.807) is 12.1 Å². The second kappa shape index (κ2) is 7.71. The Balaban J connectivity index is 2.46. The SMILES string of the molecule is C#CCN(C1CCCCC1)S(=O)(=O)c1cc(OC)ccc1OC. The molecule has 6 heteroatoms. The minimum absolute atomic E-state index is 0.0549. The molecule has 0 amide bonds. The number of nitrogens with zero attached hydrogens (tertiary/aromatic N) is 1. The summed E-state index contributed by atoms with van der Waals surface area (Å²) in [7, 11) is -0.802. The largest absolute Gasteiger partial charge is 0.497 e. The minimum Gasteiger partial charge on any atom is -0.497 e. The summed E-state index contributed by atoms with van der Waals surface area (Å²) in [5, 5.41) is 0. The molecule has 0 spiro atoms. The molecule has 23 heavy (non-hydrogen) atoms. The molecule has 1 saturated carbocycles. The molecule has 1 aliphatic rings. The van der Waals surface area contributed by atoms with E-state index in [4.69, 9.17) is 15.9 Å². The van der Waals surface area contributed by atoms with Crippen molar-refractivity contribution < 1.29 is 17.9 Å². The summed E-state index contributed by atoms with van der Waals surface area (Å²) < 4.78 is 38.2. The molecule has 1 aliphatic carbocycles. The first-order valence-electron chi connectivity index (χ1n) is 7.72. The molecule has 0 aliphatic heterocycles. The van der Waals surface area contributed by atoms with Gasteiger partial charge in [-0.3, -0.25) is 0 Å². The van der Waals surface area contributed by atoms with Gasteiger partial charge in [-0.1, -0.05) is 25.2 Å². The lowest BCUT2D eigenvalue weighted by molar-refractivity contribution is 0.270. The number of benzene rings is 1. The van der Waals surface area contributed by atoms with Gasteiger partial charge in [0.15, 0.2) is 0 Å². The van der Waals surface area contributed by atoms with Gasteiger partial charge in [-0.2, -0.15) is 4.31 Å². The second-order valence-corrected chi connectivity index (χ2v) is 7.42. The third-order valence-electron chi connectivity index (χ3n) is 4.19. The zero-order valence-corrected chi connectivity index (χ0v) is 14.4.